The number of aliphatic hydroxyl groups excluding tert-OH is 1. The van der Waals surface area contributed by atoms with E-state index in [1.54, 1.807) is 12.4 Å². The van der Waals surface area contributed by atoms with Crippen LogP contribution in [0.2, 0.25) is 0 Å². The molecule has 0 spiro atoms. The summed E-state index contributed by atoms with van der Waals surface area (Å²) in [6.45, 7) is 4.50. The molecule has 8 nitrogen and oxygen atoms in total. The van der Waals surface area contributed by atoms with Crippen LogP contribution in [0.25, 0.3) is 11.1 Å². The van der Waals surface area contributed by atoms with E-state index in [1.165, 1.54) is 5.56 Å². The van der Waals surface area contributed by atoms with Crippen LogP contribution in [0.1, 0.15) is 24.8 Å². The van der Waals surface area contributed by atoms with Gasteiger partial charge in [0.2, 0.25) is 5.91 Å². The zero-order chi connectivity index (χ0) is 24.0. The first-order valence-electron chi connectivity index (χ1n) is 12.7. The summed E-state index contributed by atoms with van der Waals surface area (Å²) in [6, 6.07) is 12.7. The number of hydrogen-bond acceptors (Lipinski definition) is 7. The molecule has 3 saturated heterocycles. The van der Waals surface area contributed by atoms with Crippen molar-refractivity contribution in [2.24, 2.45) is 0 Å². The van der Waals surface area contributed by atoms with Gasteiger partial charge in [-0.25, -0.2) is 0 Å². The van der Waals surface area contributed by atoms with Gasteiger partial charge in [-0.15, -0.1) is 0 Å². The minimum absolute atomic E-state index is 0.101. The molecule has 188 valence electrons. The summed E-state index contributed by atoms with van der Waals surface area (Å²) in [4.78, 5) is 21.1. The Morgan fingerprint density at radius 1 is 1.03 bits per heavy atom. The van der Waals surface area contributed by atoms with Crippen molar-refractivity contribution in [3.8, 4) is 11.1 Å². The molecule has 4 atom stereocenters. The predicted molar refractivity (Wildman–Crippen MR) is 131 cm³/mol. The molecule has 3 aliphatic rings. The monoisotopic (exact) mass is 481 g/mol. The van der Waals surface area contributed by atoms with Gasteiger partial charge in [-0.05, 0) is 47.7 Å². The number of ether oxygens (including phenoxy) is 3. The first kappa shape index (κ1) is 24.3. The van der Waals surface area contributed by atoms with E-state index in [2.05, 4.69) is 34.1 Å². The van der Waals surface area contributed by atoms with Crippen molar-refractivity contribution >= 4 is 5.91 Å². The zero-order valence-corrected chi connectivity index (χ0v) is 20.1. The van der Waals surface area contributed by atoms with E-state index in [1.807, 2.05) is 17.0 Å². The Balaban J connectivity index is 1.26. The lowest BCUT2D eigenvalue weighted by molar-refractivity contribution is -0.162. The number of morpholine rings is 1. The smallest absolute Gasteiger partial charge is 0.225 e. The number of fused-ring (bicyclic) bond motifs is 1. The van der Waals surface area contributed by atoms with Gasteiger partial charge in [0.15, 0.2) is 0 Å². The van der Waals surface area contributed by atoms with Crippen LogP contribution in [0, 0.1) is 0 Å². The number of nitrogens with zero attached hydrogens (tertiary/aromatic N) is 3. The Bertz CT molecular complexity index is 968. The average Bonchev–Trinajstić information content (AvgIpc) is 2.89. The fourth-order valence-electron chi connectivity index (χ4n) is 5.39. The second-order valence-electron chi connectivity index (χ2n) is 9.70. The second kappa shape index (κ2) is 11.6. The van der Waals surface area contributed by atoms with Crippen molar-refractivity contribution < 1.29 is 24.1 Å². The quantitative estimate of drug-likeness (QED) is 0.700. The molecule has 3 fully saturated rings. The van der Waals surface area contributed by atoms with Crippen LogP contribution in [0.4, 0.5) is 0 Å². The van der Waals surface area contributed by atoms with E-state index in [0.29, 0.717) is 45.9 Å². The van der Waals surface area contributed by atoms with E-state index < -0.39 is 6.10 Å². The van der Waals surface area contributed by atoms with Crippen molar-refractivity contribution in [3.63, 3.8) is 0 Å². The van der Waals surface area contributed by atoms with E-state index in [-0.39, 0.29) is 30.8 Å². The SMILES string of the molecule is O=C(C[C@H]1CC[C@H]2[C@@H](COC[C@@H](O)CN2Cc2cccc(-c3ccncc3)c2)O1)N1CCOCC1. The molecule has 3 aliphatic heterocycles. The molecule has 1 aromatic carbocycles. The largest absolute Gasteiger partial charge is 0.389 e. The van der Waals surface area contributed by atoms with Crippen molar-refractivity contribution in [2.75, 3.05) is 46.1 Å². The molecule has 8 heteroatoms. The van der Waals surface area contributed by atoms with Gasteiger partial charge in [-0.1, -0.05) is 18.2 Å². The number of pyridine rings is 1. The standard InChI is InChI=1S/C27H35N3O5/c31-23-17-30(16-20-2-1-3-22(14-20)21-6-8-28-9-7-21)25-5-4-24(35-26(25)19-34-18-23)15-27(32)29-10-12-33-13-11-29/h1-3,6-9,14,23-26,31H,4-5,10-13,15-19H2/t23-,24+,25-,26+/m0/s1. The number of aromatic nitrogens is 1. The van der Waals surface area contributed by atoms with E-state index in [9.17, 15) is 9.90 Å². The van der Waals surface area contributed by atoms with Crippen molar-refractivity contribution in [2.45, 2.75) is 50.2 Å². The number of β-amino-alcohol motifs (C(OH)–C–C–N with tert-alkyl or cyclic N) is 1. The molecule has 0 saturated carbocycles. The summed E-state index contributed by atoms with van der Waals surface area (Å²) in [5.41, 5.74) is 3.48. The number of hydrogen-bond donors (Lipinski definition) is 1. The maximum Gasteiger partial charge on any atom is 0.225 e. The van der Waals surface area contributed by atoms with Crippen LogP contribution in [0.3, 0.4) is 0 Å². The number of aliphatic hydroxyl groups is 1. The van der Waals surface area contributed by atoms with Gasteiger partial charge in [0, 0.05) is 44.6 Å². The Morgan fingerprint density at radius 3 is 2.69 bits per heavy atom. The lowest BCUT2D eigenvalue weighted by Crippen LogP contribution is -2.55. The molecule has 1 aromatic heterocycles. The van der Waals surface area contributed by atoms with E-state index in [4.69, 9.17) is 14.2 Å². The minimum Gasteiger partial charge on any atom is -0.389 e. The summed E-state index contributed by atoms with van der Waals surface area (Å²) in [6.07, 6.45) is 4.98. The fourth-order valence-corrected chi connectivity index (χ4v) is 5.39. The third-order valence-corrected chi connectivity index (χ3v) is 7.18. The first-order valence-corrected chi connectivity index (χ1v) is 12.7. The Hall–Kier alpha value is -2.36. The Kier molecular flexibility index (Phi) is 8.06. The van der Waals surface area contributed by atoms with Crippen LogP contribution < -0.4 is 0 Å². The number of carbonyl (C=O) groups is 1. The third-order valence-electron chi connectivity index (χ3n) is 7.18. The highest BCUT2D eigenvalue weighted by molar-refractivity contribution is 5.76. The molecular weight excluding hydrogens is 446 g/mol. The summed E-state index contributed by atoms with van der Waals surface area (Å²) >= 11 is 0. The second-order valence-corrected chi connectivity index (χ2v) is 9.70. The molecule has 0 unspecified atom stereocenters. The molecule has 1 amide bonds. The zero-order valence-electron chi connectivity index (χ0n) is 20.1. The highest BCUT2D eigenvalue weighted by atomic mass is 16.5. The molecule has 0 bridgehead atoms. The molecule has 1 N–H and O–H groups in total. The summed E-state index contributed by atoms with van der Waals surface area (Å²) in [5.74, 6) is 0.142. The number of carbonyl (C=O) groups excluding carboxylic acids is 1. The van der Waals surface area contributed by atoms with Gasteiger partial charge in [0.1, 0.15) is 0 Å². The molecule has 0 aliphatic carbocycles. The van der Waals surface area contributed by atoms with E-state index >= 15 is 0 Å². The van der Waals surface area contributed by atoms with Crippen molar-refractivity contribution in [3.05, 3.63) is 54.4 Å². The van der Waals surface area contributed by atoms with Gasteiger partial charge in [-0.3, -0.25) is 14.7 Å². The molecule has 4 heterocycles. The maximum atomic E-state index is 12.8. The summed E-state index contributed by atoms with van der Waals surface area (Å²) in [5, 5.41) is 10.5. The summed E-state index contributed by atoms with van der Waals surface area (Å²) < 4.78 is 17.6. The minimum atomic E-state index is -0.542. The van der Waals surface area contributed by atoms with Gasteiger partial charge < -0.3 is 24.2 Å². The third kappa shape index (κ3) is 6.26. The highest BCUT2D eigenvalue weighted by Gasteiger charge is 2.38. The maximum absolute atomic E-state index is 12.8. The topological polar surface area (TPSA) is 84.4 Å². The summed E-state index contributed by atoms with van der Waals surface area (Å²) in [7, 11) is 0. The molecule has 2 aromatic rings. The number of benzene rings is 1. The molecule has 5 rings (SSSR count). The van der Waals surface area contributed by atoms with Gasteiger partial charge >= 0.3 is 0 Å². The van der Waals surface area contributed by atoms with Gasteiger partial charge in [0.05, 0.1) is 51.2 Å². The van der Waals surface area contributed by atoms with Crippen LogP contribution in [0.15, 0.2) is 48.8 Å². The molecule has 0 radical (unpaired) electrons. The lowest BCUT2D eigenvalue weighted by Gasteiger charge is -2.44. The van der Waals surface area contributed by atoms with Crippen LogP contribution in [-0.2, 0) is 25.5 Å². The van der Waals surface area contributed by atoms with Crippen molar-refractivity contribution in [1.82, 2.24) is 14.8 Å². The molecule has 35 heavy (non-hydrogen) atoms. The number of rotatable bonds is 5. The average molecular weight is 482 g/mol. The van der Waals surface area contributed by atoms with Gasteiger partial charge in [0.25, 0.3) is 0 Å². The van der Waals surface area contributed by atoms with Crippen LogP contribution in [-0.4, -0.2) is 96.2 Å². The Labute approximate surface area is 206 Å². The van der Waals surface area contributed by atoms with Crippen LogP contribution >= 0.6 is 0 Å². The normalized spacial score (nSPS) is 28.1. The highest BCUT2D eigenvalue weighted by Crippen LogP contribution is 2.30. The van der Waals surface area contributed by atoms with E-state index in [0.717, 1.165) is 30.5 Å². The van der Waals surface area contributed by atoms with Gasteiger partial charge in [-0.2, -0.15) is 0 Å². The lowest BCUT2D eigenvalue weighted by atomic mass is 9.94. The molecular formula is C27H35N3O5. The fraction of sp³-hybridized carbons (Fsp3) is 0.556. The van der Waals surface area contributed by atoms with Crippen LogP contribution in [0.5, 0.6) is 0 Å². The van der Waals surface area contributed by atoms with Crippen molar-refractivity contribution in [1.29, 1.82) is 0 Å². The number of amides is 1. The first-order chi connectivity index (χ1) is 17.2. The predicted octanol–water partition coefficient (Wildman–Crippen LogP) is 2.11. The Morgan fingerprint density at radius 2 is 1.86 bits per heavy atom.